The van der Waals surface area contributed by atoms with Gasteiger partial charge in [-0.25, -0.2) is 0 Å². The average Bonchev–Trinajstić information content (AvgIpc) is 2.31. The fourth-order valence-electron chi connectivity index (χ4n) is 1.09. The third-order valence-electron chi connectivity index (χ3n) is 1.82. The van der Waals surface area contributed by atoms with E-state index in [2.05, 4.69) is 15.8 Å². The van der Waals surface area contributed by atoms with Crippen LogP contribution in [0.25, 0.3) is 0 Å². The van der Waals surface area contributed by atoms with Gasteiger partial charge in [0.2, 0.25) is 0 Å². The van der Waals surface area contributed by atoms with E-state index >= 15 is 0 Å². The van der Waals surface area contributed by atoms with Gasteiger partial charge in [-0.15, -0.1) is 0 Å². The highest BCUT2D eigenvalue weighted by molar-refractivity contribution is 7.80. The quantitative estimate of drug-likeness (QED) is 0.473. The maximum atomic E-state index is 5.45. The fraction of sp³-hybridized carbons (Fsp3) is 0.273. The molecular weight excluding hydrogens is 222 g/mol. The summed E-state index contributed by atoms with van der Waals surface area (Å²) in [5, 5.41) is 7.24. The average molecular weight is 237 g/mol. The van der Waals surface area contributed by atoms with Crippen LogP contribution in [0.1, 0.15) is 12.5 Å². The monoisotopic (exact) mass is 237 g/mol. The number of rotatable bonds is 4. The Balaban J connectivity index is 2.68. The summed E-state index contributed by atoms with van der Waals surface area (Å²) in [6.45, 7) is 2.58. The molecule has 0 saturated carbocycles. The summed E-state index contributed by atoms with van der Waals surface area (Å²) in [5.41, 5.74) is 3.60. The molecule has 0 aliphatic rings. The molecular formula is C11H15N3OS. The van der Waals surface area contributed by atoms with Crippen LogP contribution in [-0.4, -0.2) is 25.0 Å². The van der Waals surface area contributed by atoms with Gasteiger partial charge < -0.3 is 10.1 Å². The summed E-state index contributed by atoms with van der Waals surface area (Å²) in [6, 6.07) is 7.69. The van der Waals surface area contributed by atoms with Crippen LogP contribution >= 0.6 is 12.2 Å². The molecule has 0 heterocycles. The van der Waals surface area contributed by atoms with E-state index in [9.17, 15) is 0 Å². The molecule has 16 heavy (non-hydrogen) atoms. The van der Waals surface area contributed by atoms with Crippen molar-refractivity contribution in [1.82, 2.24) is 10.7 Å². The Kier molecular flexibility index (Phi) is 5.28. The van der Waals surface area contributed by atoms with Crippen LogP contribution in [-0.2, 0) is 0 Å². The van der Waals surface area contributed by atoms with Crippen LogP contribution in [0, 0.1) is 0 Å². The molecule has 0 bridgehead atoms. The zero-order chi connectivity index (χ0) is 11.8. The molecule has 0 aromatic heterocycles. The summed E-state index contributed by atoms with van der Waals surface area (Å²) >= 11 is 4.89. The van der Waals surface area contributed by atoms with E-state index in [1.165, 1.54) is 0 Å². The molecule has 0 amide bonds. The minimum absolute atomic E-state index is 0.477. The molecule has 2 N–H and O–H groups in total. The molecule has 0 saturated heterocycles. The Morgan fingerprint density at radius 2 is 2.25 bits per heavy atom. The second-order valence-electron chi connectivity index (χ2n) is 2.92. The number of hydrazone groups is 1. The maximum absolute atomic E-state index is 5.45. The third kappa shape index (κ3) is 3.86. The number of nitrogens with one attached hydrogen (secondary N) is 2. The molecule has 0 atom stereocenters. The van der Waals surface area contributed by atoms with Crippen molar-refractivity contribution in [2.45, 2.75) is 6.92 Å². The summed E-state index contributed by atoms with van der Waals surface area (Å²) in [4.78, 5) is 0. The van der Waals surface area contributed by atoms with Gasteiger partial charge >= 0.3 is 0 Å². The summed E-state index contributed by atoms with van der Waals surface area (Å²) < 4.78 is 5.45. The topological polar surface area (TPSA) is 45.6 Å². The number of thiocarbonyl (C=S) groups is 1. The molecule has 5 heteroatoms. The number of para-hydroxylation sites is 1. The van der Waals surface area contributed by atoms with Gasteiger partial charge in [0, 0.05) is 12.6 Å². The van der Waals surface area contributed by atoms with Gasteiger partial charge in [-0.05, 0) is 31.3 Å². The first-order valence-corrected chi connectivity index (χ1v) is 5.41. The lowest BCUT2D eigenvalue weighted by atomic mass is 10.2. The van der Waals surface area contributed by atoms with Crippen molar-refractivity contribution in [2.75, 3.05) is 13.7 Å². The Morgan fingerprint density at radius 1 is 1.50 bits per heavy atom. The van der Waals surface area contributed by atoms with Gasteiger partial charge in [-0.1, -0.05) is 12.1 Å². The van der Waals surface area contributed by atoms with E-state index in [1.54, 1.807) is 13.3 Å². The normalized spacial score (nSPS) is 10.1. The number of hydrogen-bond donors (Lipinski definition) is 2. The summed E-state index contributed by atoms with van der Waals surface area (Å²) in [5.74, 6) is 0.811. The highest BCUT2D eigenvalue weighted by Crippen LogP contribution is 2.15. The second-order valence-corrected chi connectivity index (χ2v) is 3.33. The van der Waals surface area contributed by atoms with Crippen LogP contribution in [0.15, 0.2) is 29.4 Å². The molecule has 0 unspecified atom stereocenters. The van der Waals surface area contributed by atoms with E-state index in [0.29, 0.717) is 11.7 Å². The van der Waals surface area contributed by atoms with E-state index in [1.807, 2.05) is 31.2 Å². The predicted octanol–water partition coefficient (Wildman–Crippen LogP) is 1.51. The van der Waals surface area contributed by atoms with Gasteiger partial charge in [0.25, 0.3) is 0 Å². The van der Waals surface area contributed by atoms with Crippen molar-refractivity contribution in [3.63, 3.8) is 0 Å². The Bertz CT molecular complexity index is 379. The minimum Gasteiger partial charge on any atom is -0.493 e. The first-order valence-electron chi connectivity index (χ1n) is 5.00. The van der Waals surface area contributed by atoms with Crippen molar-refractivity contribution < 1.29 is 4.74 Å². The first-order chi connectivity index (χ1) is 7.77. The van der Waals surface area contributed by atoms with Crippen LogP contribution in [0.5, 0.6) is 5.75 Å². The largest absolute Gasteiger partial charge is 0.493 e. The first kappa shape index (κ1) is 12.4. The lowest BCUT2D eigenvalue weighted by Gasteiger charge is -2.06. The van der Waals surface area contributed by atoms with Crippen LogP contribution in [0.2, 0.25) is 0 Å². The number of ether oxygens (including phenoxy) is 1. The highest BCUT2D eigenvalue weighted by Gasteiger charge is 1.98. The van der Waals surface area contributed by atoms with Gasteiger partial charge in [0.1, 0.15) is 5.75 Å². The van der Waals surface area contributed by atoms with Crippen molar-refractivity contribution in [2.24, 2.45) is 5.10 Å². The number of nitrogens with zero attached hydrogens (tertiary/aromatic N) is 1. The third-order valence-corrected chi connectivity index (χ3v) is 2.11. The van der Waals surface area contributed by atoms with Gasteiger partial charge in [-0.3, -0.25) is 5.43 Å². The molecule has 0 aliphatic carbocycles. The van der Waals surface area contributed by atoms with E-state index in [-0.39, 0.29) is 0 Å². The van der Waals surface area contributed by atoms with Crippen molar-refractivity contribution in [1.29, 1.82) is 0 Å². The minimum atomic E-state index is 0.477. The second kappa shape index (κ2) is 6.79. The molecule has 1 rings (SSSR count). The zero-order valence-electron chi connectivity index (χ0n) is 9.36. The molecule has 0 aliphatic heterocycles. The Morgan fingerprint density at radius 3 is 2.94 bits per heavy atom. The Labute approximate surface area is 101 Å². The van der Waals surface area contributed by atoms with Crippen molar-refractivity contribution in [3.8, 4) is 5.75 Å². The van der Waals surface area contributed by atoms with Crippen molar-refractivity contribution in [3.05, 3.63) is 29.8 Å². The van der Waals surface area contributed by atoms with Gasteiger partial charge in [-0.2, -0.15) is 5.10 Å². The zero-order valence-corrected chi connectivity index (χ0v) is 10.2. The highest BCUT2D eigenvalue weighted by atomic mass is 32.1. The summed E-state index contributed by atoms with van der Waals surface area (Å²) in [6.07, 6.45) is 1.68. The van der Waals surface area contributed by atoms with Crippen molar-refractivity contribution >= 4 is 23.5 Å². The molecule has 0 radical (unpaired) electrons. The molecule has 0 spiro atoms. The Hall–Kier alpha value is -1.62. The van der Waals surface area contributed by atoms with E-state index in [4.69, 9.17) is 17.0 Å². The van der Waals surface area contributed by atoms with Crippen LogP contribution < -0.4 is 15.5 Å². The summed E-state index contributed by atoms with van der Waals surface area (Å²) in [7, 11) is 1.74. The predicted molar refractivity (Wildman–Crippen MR) is 70.0 cm³/mol. The molecule has 4 nitrogen and oxygen atoms in total. The lowest BCUT2D eigenvalue weighted by molar-refractivity contribution is 0.340. The lowest BCUT2D eigenvalue weighted by Crippen LogP contribution is -2.28. The van der Waals surface area contributed by atoms with Gasteiger partial charge in [0.15, 0.2) is 5.11 Å². The SMILES string of the molecule is CCOc1ccccc1/C=N\NC(=S)NC. The molecule has 1 aromatic carbocycles. The van der Waals surface area contributed by atoms with Gasteiger partial charge in [0.05, 0.1) is 12.8 Å². The van der Waals surface area contributed by atoms with E-state index in [0.717, 1.165) is 11.3 Å². The van der Waals surface area contributed by atoms with E-state index < -0.39 is 0 Å². The molecule has 1 aromatic rings. The fourth-order valence-corrected chi connectivity index (χ4v) is 1.14. The smallest absolute Gasteiger partial charge is 0.186 e. The molecule has 0 fully saturated rings. The standard InChI is InChI=1S/C11H15N3OS/c1-3-15-10-7-5-4-6-9(10)8-13-14-11(16)12-2/h4-8H,3H2,1-2H3,(H2,12,14,16)/b13-8-. The maximum Gasteiger partial charge on any atom is 0.186 e. The molecule has 86 valence electrons. The number of benzene rings is 1. The van der Waals surface area contributed by atoms with Crippen LogP contribution in [0.4, 0.5) is 0 Å². The van der Waals surface area contributed by atoms with Crippen LogP contribution in [0.3, 0.4) is 0 Å². The number of hydrogen-bond acceptors (Lipinski definition) is 3.